The van der Waals surface area contributed by atoms with Crippen molar-refractivity contribution < 1.29 is 0 Å². The summed E-state index contributed by atoms with van der Waals surface area (Å²) >= 11 is 0. The first-order chi connectivity index (χ1) is 7.27. The maximum Gasteiger partial charge on any atom is 0.0419 e. The van der Waals surface area contributed by atoms with Crippen molar-refractivity contribution in [1.82, 2.24) is 10.3 Å². The van der Waals surface area contributed by atoms with Crippen LogP contribution in [0, 0.1) is 5.92 Å². The molecule has 0 aromatic carbocycles. The molecule has 0 aliphatic carbocycles. The molecule has 2 heteroatoms. The second-order valence-electron chi connectivity index (χ2n) is 4.07. The zero-order valence-corrected chi connectivity index (χ0v) is 10.0. The maximum atomic E-state index is 4.38. The molecule has 0 saturated heterocycles. The fraction of sp³-hybridized carbons (Fsp3) is 0.615. The van der Waals surface area contributed by atoms with Gasteiger partial charge in [-0.25, -0.2) is 0 Å². The Morgan fingerprint density at radius 1 is 1.33 bits per heavy atom. The molecule has 0 saturated carbocycles. The van der Waals surface area contributed by atoms with E-state index in [1.54, 1.807) is 0 Å². The average molecular weight is 206 g/mol. The fourth-order valence-corrected chi connectivity index (χ4v) is 1.77. The summed E-state index contributed by atoms with van der Waals surface area (Å²) in [6, 6.07) is 6.68. The van der Waals surface area contributed by atoms with Gasteiger partial charge >= 0.3 is 0 Å². The van der Waals surface area contributed by atoms with Gasteiger partial charge in [0.05, 0.1) is 0 Å². The van der Waals surface area contributed by atoms with E-state index in [9.17, 15) is 0 Å². The van der Waals surface area contributed by atoms with Crippen molar-refractivity contribution in [1.29, 1.82) is 0 Å². The first-order valence-corrected chi connectivity index (χ1v) is 5.91. The molecule has 2 unspecified atom stereocenters. The highest BCUT2D eigenvalue weighted by Gasteiger charge is 2.15. The maximum absolute atomic E-state index is 4.38. The summed E-state index contributed by atoms with van der Waals surface area (Å²) in [6.07, 6.45) is 4.11. The predicted octanol–water partition coefficient (Wildman–Crippen LogP) is 2.65. The van der Waals surface area contributed by atoms with E-state index in [2.05, 4.69) is 43.2 Å². The van der Waals surface area contributed by atoms with Crippen LogP contribution in [-0.4, -0.2) is 17.6 Å². The number of pyridine rings is 1. The summed E-state index contributed by atoms with van der Waals surface area (Å²) in [6.45, 7) is 7.74. The van der Waals surface area contributed by atoms with Gasteiger partial charge in [0, 0.05) is 24.4 Å². The Bertz CT molecular complexity index is 258. The van der Waals surface area contributed by atoms with Crippen LogP contribution in [0.2, 0.25) is 0 Å². The van der Waals surface area contributed by atoms with E-state index in [4.69, 9.17) is 0 Å². The lowest BCUT2D eigenvalue weighted by Gasteiger charge is -2.23. The number of nitrogens with zero attached hydrogens (tertiary/aromatic N) is 1. The van der Waals surface area contributed by atoms with E-state index in [0.717, 1.165) is 13.0 Å². The molecule has 0 bridgehead atoms. The zero-order chi connectivity index (χ0) is 11.1. The van der Waals surface area contributed by atoms with Crippen molar-refractivity contribution in [3.8, 4) is 0 Å². The number of likely N-dealkylation sites (N-methyl/N-ethyl adjacent to an activating group) is 1. The molecular formula is C13H22N2. The molecule has 0 spiro atoms. The summed E-state index contributed by atoms with van der Waals surface area (Å²) in [5.74, 6) is 0.701. The van der Waals surface area contributed by atoms with Gasteiger partial charge in [-0.1, -0.05) is 33.3 Å². The van der Waals surface area contributed by atoms with Crippen LogP contribution in [0.5, 0.6) is 0 Å². The molecule has 0 radical (unpaired) electrons. The minimum absolute atomic E-state index is 0.551. The van der Waals surface area contributed by atoms with E-state index < -0.39 is 0 Å². The van der Waals surface area contributed by atoms with Crippen LogP contribution in [0.3, 0.4) is 0 Å². The lowest BCUT2D eigenvalue weighted by Crippen LogP contribution is -2.36. The van der Waals surface area contributed by atoms with Gasteiger partial charge in [0.2, 0.25) is 0 Å². The van der Waals surface area contributed by atoms with Crippen molar-refractivity contribution in [3.63, 3.8) is 0 Å². The molecule has 2 nitrogen and oxygen atoms in total. The number of rotatable bonds is 6. The van der Waals surface area contributed by atoms with Crippen LogP contribution >= 0.6 is 0 Å². The highest BCUT2D eigenvalue weighted by Crippen LogP contribution is 2.12. The van der Waals surface area contributed by atoms with Crippen LogP contribution in [-0.2, 0) is 6.42 Å². The smallest absolute Gasteiger partial charge is 0.0419 e. The number of hydrogen-bond donors (Lipinski definition) is 1. The third-order valence-electron chi connectivity index (χ3n) is 2.95. The van der Waals surface area contributed by atoms with Gasteiger partial charge in [-0.2, -0.15) is 0 Å². The number of nitrogens with one attached hydrogen (secondary N) is 1. The summed E-state index contributed by atoms with van der Waals surface area (Å²) in [5.41, 5.74) is 1.18. The van der Waals surface area contributed by atoms with Gasteiger partial charge in [0.25, 0.3) is 0 Å². The lowest BCUT2D eigenvalue weighted by atomic mass is 9.95. The van der Waals surface area contributed by atoms with Crippen molar-refractivity contribution >= 4 is 0 Å². The van der Waals surface area contributed by atoms with Gasteiger partial charge in [0.1, 0.15) is 0 Å². The molecule has 0 amide bonds. The summed E-state index contributed by atoms with van der Waals surface area (Å²) < 4.78 is 0. The Hall–Kier alpha value is -0.890. The largest absolute Gasteiger partial charge is 0.314 e. The van der Waals surface area contributed by atoms with Crippen LogP contribution in [0.4, 0.5) is 0 Å². The number of hydrogen-bond acceptors (Lipinski definition) is 2. The van der Waals surface area contributed by atoms with E-state index in [1.165, 1.54) is 12.1 Å². The molecule has 0 fully saturated rings. The molecule has 2 atom stereocenters. The molecule has 0 aliphatic rings. The standard InChI is InChI=1S/C13H22N2/c1-4-11(3)13(14-5-2)10-12-8-6-7-9-15-12/h6-9,11,13-14H,4-5,10H2,1-3H3. The summed E-state index contributed by atoms with van der Waals surface area (Å²) in [7, 11) is 0. The molecular weight excluding hydrogens is 184 g/mol. The SMILES string of the molecule is CCNC(Cc1ccccn1)C(C)CC. The minimum atomic E-state index is 0.551. The first-order valence-electron chi connectivity index (χ1n) is 5.91. The summed E-state index contributed by atoms with van der Waals surface area (Å²) in [5, 5.41) is 3.54. The van der Waals surface area contributed by atoms with Gasteiger partial charge in [-0.15, -0.1) is 0 Å². The van der Waals surface area contributed by atoms with Crippen LogP contribution in [0.25, 0.3) is 0 Å². The van der Waals surface area contributed by atoms with Crippen LogP contribution in [0.1, 0.15) is 32.9 Å². The van der Waals surface area contributed by atoms with Gasteiger partial charge in [-0.05, 0) is 24.6 Å². The van der Waals surface area contributed by atoms with E-state index in [0.29, 0.717) is 12.0 Å². The molecule has 0 aliphatic heterocycles. The first kappa shape index (κ1) is 12.2. The van der Waals surface area contributed by atoms with Crippen molar-refractivity contribution in [3.05, 3.63) is 30.1 Å². The van der Waals surface area contributed by atoms with Gasteiger partial charge < -0.3 is 5.32 Å². The minimum Gasteiger partial charge on any atom is -0.314 e. The third kappa shape index (κ3) is 4.00. The Kier molecular flexibility index (Phi) is 5.33. The lowest BCUT2D eigenvalue weighted by molar-refractivity contribution is 0.369. The highest BCUT2D eigenvalue weighted by molar-refractivity contribution is 5.05. The second-order valence-corrected chi connectivity index (χ2v) is 4.07. The fourth-order valence-electron chi connectivity index (χ4n) is 1.77. The Morgan fingerprint density at radius 2 is 2.13 bits per heavy atom. The van der Waals surface area contributed by atoms with Crippen molar-refractivity contribution in [2.45, 2.75) is 39.7 Å². The molecule has 1 aromatic heterocycles. The Morgan fingerprint density at radius 3 is 2.67 bits per heavy atom. The normalized spacial score (nSPS) is 14.9. The van der Waals surface area contributed by atoms with Crippen LogP contribution in [0.15, 0.2) is 24.4 Å². The third-order valence-corrected chi connectivity index (χ3v) is 2.95. The molecule has 1 N–H and O–H groups in total. The van der Waals surface area contributed by atoms with E-state index in [-0.39, 0.29) is 0 Å². The second kappa shape index (κ2) is 6.57. The quantitative estimate of drug-likeness (QED) is 0.774. The van der Waals surface area contributed by atoms with Gasteiger partial charge in [-0.3, -0.25) is 4.98 Å². The molecule has 1 rings (SSSR count). The topological polar surface area (TPSA) is 24.9 Å². The van der Waals surface area contributed by atoms with E-state index >= 15 is 0 Å². The molecule has 1 aromatic rings. The highest BCUT2D eigenvalue weighted by atomic mass is 14.9. The molecule has 1 heterocycles. The van der Waals surface area contributed by atoms with Gasteiger partial charge in [0.15, 0.2) is 0 Å². The number of aromatic nitrogens is 1. The van der Waals surface area contributed by atoms with Crippen molar-refractivity contribution in [2.24, 2.45) is 5.92 Å². The Labute approximate surface area is 93.1 Å². The molecule has 15 heavy (non-hydrogen) atoms. The zero-order valence-electron chi connectivity index (χ0n) is 10.0. The average Bonchev–Trinajstić information content (AvgIpc) is 2.29. The predicted molar refractivity (Wildman–Crippen MR) is 64.9 cm³/mol. The monoisotopic (exact) mass is 206 g/mol. The Balaban J connectivity index is 2.58. The van der Waals surface area contributed by atoms with Crippen molar-refractivity contribution in [2.75, 3.05) is 6.54 Å². The van der Waals surface area contributed by atoms with E-state index in [1.807, 2.05) is 12.3 Å². The molecule has 84 valence electrons. The van der Waals surface area contributed by atoms with Crippen LogP contribution < -0.4 is 5.32 Å². The summed E-state index contributed by atoms with van der Waals surface area (Å²) in [4.78, 5) is 4.38.